The molecule has 0 amide bonds. The average molecular weight is 336 g/mol. The standard InChI is InChI=1S/C17H24N2O3S/c20-23(21,13-7-16-4-2-1-3-5-16)19-10-8-18(9-11-19)14-17-6-12-22-15-17/h1-5,7,13,17H,6,8-12,14-15H2/b13-7-/t17-/m0/s1. The third kappa shape index (κ3) is 4.64. The second-order valence-electron chi connectivity index (χ2n) is 6.19. The van der Waals surface area contributed by atoms with Crippen LogP contribution in [0.3, 0.4) is 0 Å². The zero-order valence-corrected chi connectivity index (χ0v) is 14.1. The highest BCUT2D eigenvalue weighted by atomic mass is 32.2. The lowest BCUT2D eigenvalue weighted by Crippen LogP contribution is -2.49. The summed E-state index contributed by atoms with van der Waals surface area (Å²) in [5, 5.41) is 1.32. The van der Waals surface area contributed by atoms with Crippen molar-refractivity contribution in [3.8, 4) is 0 Å². The summed E-state index contributed by atoms with van der Waals surface area (Å²) < 4.78 is 31.8. The summed E-state index contributed by atoms with van der Waals surface area (Å²) in [5.41, 5.74) is 0.899. The van der Waals surface area contributed by atoms with Gasteiger partial charge in [-0.1, -0.05) is 30.3 Å². The third-order valence-corrected chi connectivity index (χ3v) is 6.03. The molecule has 23 heavy (non-hydrogen) atoms. The van der Waals surface area contributed by atoms with Crippen molar-refractivity contribution in [1.82, 2.24) is 9.21 Å². The molecule has 5 nitrogen and oxygen atoms in total. The zero-order valence-electron chi connectivity index (χ0n) is 13.3. The molecule has 0 saturated carbocycles. The number of hydrogen-bond donors (Lipinski definition) is 0. The van der Waals surface area contributed by atoms with Crippen LogP contribution in [0, 0.1) is 5.92 Å². The summed E-state index contributed by atoms with van der Waals surface area (Å²) in [6.07, 6.45) is 2.79. The third-order valence-electron chi connectivity index (χ3n) is 4.46. The van der Waals surface area contributed by atoms with Crippen molar-refractivity contribution in [2.75, 3.05) is 45.9 Å². The molecule has 6 heteroatoms. The molecule has 1 atom stereocenters. The van der Waals surface area contributed by atoms with Crippen molar-refractivity contribution < 1.29 is 13.2 Å². The van der Waals surface area contributed by atoms with Gasteiger partial charge in [0.15, 0.2) is 0 Å². The molecule has 0 radical (unpaired) electrons. The molecule has 2 fully saturated rings. The van der Waals surface area contributed by atoms with Gasteiger partial charge >= 0.3 is 0 Å². The predicted molar refractivity (Wildman–Crippen MR) is 91.3 cm³/mol. The quantitative estimate of drug-likeness (QED) is 0.820. The summed E-state index contributed by atoms with van der Waals surface area (Å²) in [6.45, 7) is 5.46. The van der Waals surface area contributed by atoms with Crippen LogP contribution in [-0.4, -0.2) is 63.6 Å². The largest absolute Gasteiger partial charge is 0.381 e. The SMILES string of the molecule is O=S(=O)(/C=C\c1ccccc1)N1CCN(C[C@@H]2CCOC2)CC1. The van der Waals surface area contributed by atoms with Crippen LogP contribution in [0.4, 0.5) is 0 Å². The Morgan fingerprint density at radius 2 is 1.87 bits per heavy atom. The first-order valence-electron chi connectivity index (χ1n) is 8.17. The molecule has 0 bridgehead atoms. The Kier molecular flexibility index (Phi) is 5.48. The van der Waals surface area contributed by atoms with Crippen LogP contribution in [0.5, 0.6) is 0 Å². The summed E-state index contributed by atoms with van der Waals surface area (Å²) in [4.78, 5) is 2.35. The first-order chi connectivity index (χ1) is 11.1. The molecular weight excluding hydrogens is 312 g/mol. The second kappa shape index (κ2) is 7.57. The summed E-state index contributed by atoms with van der Waals surface area (Å²) in [7, 11) is -3.33. The van der Waals surface area contributed by atoms with Crippen LogP contribution in [0.1, 0.15) is 12.0 Å². The molecule has 0 aromatic heterocycles. The smallest absolute Gasteiger partial charge is 0.236 e. The first kappa shape index (κ1) is 16.6. The number of rotatable bonds is 5. The molecule has 0 N–H and O–H groups in total. The maximum Gasteiger partial charge on any atom is 0.236 e. The maximum absolute atomic E-state index is 12.4. The fourth-order valence-electron chi connectivity index (χ4n) is 3.07. The highest BCUT2D eigenvalue weighted by Gasteiger charge is 2.27. The van der Waals surface area contributed by atoms with Gasteiger partial charge in [-0.05, 0) is 24.0 Å². The summed E-state index contributed by atoms with van der Waals surface area (Å²) in [6, 6.07) is 9.51. The Morgan fingerprint density at radius 1 is 1.13 bits per heavy atom. The number of hydrogen-bond acceptors (Lipinski definition) is 4. The Hall–Kier alpha value is -1.21. The van der Waals surface area contributed by atoms with Gasteiger partial charge in [0.25, 0.3) is 0 Å². The Balaban J connectivity index is 1.52. The van der Waals surface area contributed by atoms with E-state index in [2.05, 4.69) is 4.90 Å². The first-order valence-corrected chi connectivity index (χ1v) is 9.67. The van der Waals surface area contributed by atoms with Crippen molar-refractivity contribution in [2.24, 2.45) is 5.92 Å². The lowest BCUT2D eigenvalue weighted by Gasteiger charge is -2.34. The maximum atomic E-state index is 12.4. The molecule has 1 aromatic carbocycles. The van der Waals surface area contributed by atoms with E-state index in [4.69, 9.17) is 4.74 Å². The van der Waals surface area contributed by atoms with Crippen molar-refractivity contribution in [1.29, 1.82) is 0 Å². The molecular formula is C17H24N2O3S. The molecule has 0 aliphatic carbocycles. The molecule has 1 aromatic rings. The second-order valence-corrected chi connectivity index (χ2v) is 8.01. The van der Waals surface area contributed by atoms with E-state index >= 15 is 0 Å². The van der Waals surface area contributed by atoms with E-state index < -0.39 is 10.0 Å². The van der Waals surface area contributed by atoms with Gasteiger partial charge in [-0.3, -0.25) is 0 Å². The van der Waals surface area contributed by atoms with Gasteiger partial charge in [0, 0.05) is 44.7 Å². The Bertz CT molecular complexity index is 616. The van der Waals surface area contributed by atoms with Crippen LogP contribution in [0.15, 0.2) is 35.7 Å². The number of benzene rings is 1. The van der Waals surface area contributed by atoms with E-state index in [1.165, 1.54) is 5.41 Å². The van der Waals surface area contributed by atoms with Crippen LogP contribution < -0.4 is 0 Å². The van der Waals surface area contributed by atoms with E-state index in [1.807, 2.05) is 30.3 Å². The van der Waals surface area contributed by atoms with Crippen LogP contribution in [-0.2, 0) is 14.8 Å². The molecule has 2 aliphatic heterocycles. The number of sulfonamides is 1. The molecule has 2 aliphatic rings. The minimum atomic E-state index is -3.33. The molecule has 0 unspecified atom stereocenters. The minimum Gasteiger partial charge on any atom is -0.381 e. The van der Waals surface area contributed by atoms with E-state index in [9.17, 15) is 8.42 Å². The van der Waals surface area contributed by atoms with E-state index in [0.717, 1.165) is 44.8 Å². The van der Waals surface area contributed by atoms with E-state index in [0.29, 0.717) is 19.0 Å². The highest BCUT2D eigenvalue weighted by Crippen LogP contribution is 2.17. The summed E-state index contributed by atoms with van der Waals surface area (Å²) in [5.74, 6) is 0.608. The summed E-state index contributed by atoms with van der Waals surface area (Å²) >= 11 is 0. The zero-order chi connectivity index (χ0) is 16.1. The van der Waals surface area contributed by atoms with Crippen LogP contribution in [0.25, 0.3) is 6.08 Å². The van der Waals surface area contributed by atoms with Crippen molar-refractivity contribution in [2.45, 2.75) is 6.42 Å². The molecule has 3 rings (SSSR count). The molecule has 0 spiro atoms. The fraction of sp³-hybridized carbons (Fsp3) is 0.529. The number of piperazine rings is 1. The lowest BCUT2D eigenvalue weighted by atomic mass is 10.1. The minimum absolute atomic E-state index is 0.565. The van der Waals surface area contributed by atoms with Crippen molar-refractivity contribution >= 4 is 16.1 Å². The highest BCUT2D eigenvalue weighted by molar-refractivity contribution is 7.92. The van der Waals surface area contributed by atoms with Gasteiger partial charge in [0.05, 0.1) is 6.61 Å². The average Bonchev–Trinajstić information content (AvgIpc) is 3.08. The Morgan fingerprint density at radius 3 is 2.52 bits per heavy atom. The molecule has 2 saturated heterocycles. The van der Waals surface area contributed by atoms with E-state index in [-0.39, 0.29) is 0 Å². The number of nitrogens with zero attached hydrogens (tertiary/aromatic N) is 2. The van der Waals surface area contributed by atoms with E-state index in [1.54, 1.807) is 10.4 Å². The molecule has 2 heterocycles. The normalized spacial score (nSPS) is 24.4. The van der Waals surface area contributed by atoms with Crippen molar-refractivity contribution in [3.63, 3.8) is 0 Å². The van der Waals surface area contributed by atoms with Crippen molar-refractivity contribution in [3.05, 3.63) is 41.3 Å². The lowest BCUT2D eigenvalue weighted by molar-refractivity contribution is 0.144. The van der Waals surface area contributed by atoms with Crippen LogP contribution >= 0.6 is 0 Å². The van der Waals surface area contributed by atoms with Gasteiger partial charge in [-0.25, -0.2) is 8.42 Å². The number of ether oxygens (including phenoxy) is 1. The fourth-order valence-corrected chi connectivity index (χ4v) is 4.25. The van der Waals surface area contributed by atoms with Gasteiger partial charge in [-0.2, -0.15) is 4.31 Å². The Labute approximate surface area is 138 Å². The topological polar surface area (TPSA) is 49.9 Å². The monoisotopic (exact) mass is 336 g/mol. The van der Waals surface area contributed by atoms with Gasteiger partial charge in [0.2, 0.25) is 10.0 Å². The predicted octanol–water partition coefficient (Wildman–Crippen LogP) is 1.64. The van der Waals surface area contributed by atoms with Gasteiger partial charge < -0.3 is 9.64 Å². The molecule has 126 valence electrons. The van der Waals surface area contributed by atoms with Gasteiger partial charge in [-0.15, -0.1) is 0 Å². The van der Waals surface area contributed by atoms with Gasteiger partial charge in [0.1, 0.15) is 0 Å². The van der Waals surface area contributed by atoms with Crippen LogP contribution in [0.2, 0.25) is 0 Å².